The van der Waals surface area contributed by atoms with Crippen molar-refractivity contribution >= 4 is 17.6 Å². The Morgan fingerprint density at radius 1 is 1.28 bits per heavy atom. The van der Waals surface area contributed by atoms with Crippen molar-refractivity contribution in [1.29, 1.82) is 0 Å². The lowest BCUT2D eigenvalue weighted by atomic mass is 9.98. The number of carbonyl (C=O) groups is 1. The third-order valence-corrected chi connectivity index (χ3v) is 6.64. The molecule has 1 aromatic rings. The molecule has 1 amide bonds. The zero-order valence-corrected chi connectivity index (χ0v) is 17.6. The molecule has 0 bridgehead atoms. The number of likely N-dealkylation sites (tertiary alicyclic amines) is 1. The number of benzene rings is 1. The van der Waals surface area contributed by atoms with Gasteiger partial charge in [0.1, 0.15) is 0 Å². The van der Waals surface area contributed by atoms with Gasteiger partial charge in [-0.2, -0.15) is 0 Å². The van der Waals surface area contributed by atoms with Gasteiger partial charge < -0.3 is 20.2 Å². The molecule has 1 saturated heterocycles. The topological polar surface area (TPSA) is 68.2 Å². The Kier molecular flexibility index (Phi) is 6.09. The van der Waals surface area contributed by atoms with E-state index >= 15 is 0 Å². The highest BCUT2D eigenvalue weighted by Crippen LogP contribution is 2.38. The molecule has 1 aromatic carbocycles. The Morgan fingerprint density at radius 2 is 2.07 bits per heavy atom. The van der Waals surface area contributed by atoms with Crippen molar-refractivity contribution < 1.29 is 9.90 Å². The molecule has 0 aromatic heterocycles. The van der Waals surface area contributed by atoms with E-state index < -0.39 is 5.60 Å². The summed E-state index contributed by atoms with van der Waals surface area (Å²) in [5.41, 5.74) is 1.89. The van der Waals surface area contributed by atoms with E-state index in [1.165, 1.54) is 11.3 Å². The fourth-order valence-electron chi connectivity index (χ4n) is 5.00. The molecule has 0 radical (unpaired) electrons. The van der Waals surface area contributed by atoms with Crippen LogP contribution in [-0.4, -0.2) is 60.2 Å². The van der Waals surface area contributed by atoms with Crippen LogP contribution in [0.4, 0.5) is 5.69 Å². The Morgan fingerprint density at radius 3 is 2.79 bits per heavy atom. The minimum Gasteiger partial charge on any atom is -0.388 e. The van der Waals surface area contributed by atoms with Gasteiger partial charge in [0.2, 0.25) is 5.91 Å². The second-order valence-electron chi connectivity index (χ2n) is 8.74. The van der Waals surface area contributed by atoms with Crippen LogP contribution < -0.4 is 10.2 Å². The van der Waals surface area contributed by atoms with Crippen molar-refractivity contribution in [2.45, 2.75) is 63.4 Å². The van der Waals surface area contributed by atoms with E-state index in [-0.39, 0.29) is 0 Å². The zero-order valence-electron chi connectivity index (χ0n) is 17.6. The van der Waals surface area contributed by atoms with Gasteiger partial charge in [0, 0.05) is 44.2 Å². The van der Waals surface area contributed by atoms with E-state index in [1.54, 1.807) is 0 Å². The maximum Gasteiger partial charge on any atom is 0.222 e. The summed E-state index contributed by atoms with van der Waals surface area (Å²) in [7, 11) is 0. The highest BCUT2D eigenvalue weighted by atomic mass is 16.3. The van der Waals surface area contributed by atoms with Gasteiger partial charge in [-0.3, -0.25) is 4.79 Å². The molecule has 6 heteroatoms. The number of anilines is 1. The molecule has 1 atom stereocenters. The minimum atomic E-state index is -0.643. The van der Waals surface area contributed by atoms with E-state index in [4.69, 9.17) is 4.99 Å². The largest absolute Gasteiger partial charge is 0.388 e. The van der Waals surface area contributed by atoms with Gasteiger partial charge >= 0.3 is 0 Å². The second-order valence-corrected chi connectivity index (χ2v) is 8.74. The predicted molar refractivity (Wildman–Crippen MR) is 116 cm³/mol. The van der Waals surface area contributed by atoms with Gasteiger partial charge in [-0.15, -0.1) is 0 Å². The average Bonchev–Trinajstić information content (AvgIpc) is 3.43. The molecule has 2 fully saturated rings. The monoisotopic (exact) mass is 398 g/mol. The summed E-state index contributed by atoms with van der Waals surface area (Å²) in [6, 6.07) is 8.54. The van der Waals surface area contributed by atoms with E-state index in [1.807, 2.05) is 4.90 Å². The number of guanidine groups is 1. The number of aliphatic imine (C=N–C) groups is 1. The van der Waals surface area contributed by atoms with E-state index in [0.29, 0.717) is 24.8 Å². The quantitative estimate of drug-likeness (QED) is 0.571. The van der Waals surface area contributed by atoms with Gasteiger partial charge in [-0.1, -0.05) is 31.0 Å². The third-order valence-electron chi connectivity index (χ3n) is 6.64. The fraction of sp³-hybridized carbons (Fsp3) is 0.652. The highest BCUT2D eigenvalue weighted by Gasteiger charge is 2.34. The molecular weight excluding hydrogens is 364 g/mol. The first-order valence-electron chi connectivity index (χ1n) is 11.2. The van der Waals surface area contributed by atoms with Crippen LogP contribution in [0, 0.1) is 0 Å². The first-order valence-corrected chi connectivity index (χ1v) is 11.2. The lowest BCUT2D eigenvalue weighted by Gasteiger charge is -2.25. The number of carbonyl (C=O) groups excluding carboxylic acids is 1. The van der Waals surface area contributed by atoms with Crippen molar-refractivity contribution in [3.8, 4) is 0 Å². The number of rotatable bonds is 6. The predicted octanol–water partition coefficient (Wildman–Crippen LogP) is 2.87. The Bertz CT molecular complexity index is 757. The van der Waals surface area contributed by atoms with E-state index in [0.717, 1.165) is 70.7 Å². The van der Waals surface area contributed by atoms with Crippen molar-refractivity contribution in [3.05, 3.63) is 29.8 Å². The van der Waals surface area contributed by atoms with Gasteiger partial charge in [0.15, 0.2) is 5.96 Å². The molecule has 4 rings (SSSR count). The van der Waals surface area contributed by atoms with Crippen LogP contribution in [0.15, 0.2) is 29.3 Å². The van der Waals surface area contributed by atoms with Crippen molar-refractivity contribution in [2.75, 3.05) is 37.6 Å². The number of aliphatic hydroxyl groups is 1. The molecule has 2 aliphatic heterocycles. The number of nitrogens with zero attached hydrogens (tertiary/aromatic N) is 3. The van der Waals surface area contributed by atoms with E-state index in [9.17, 15) is 9.90 Å². The van der Waals surface area contributed by atoms with Gasteiger partial charge in [-0.25, -0.2) is 4.99 Å². The molecule has 29 heavy (non-hydrogen) atoms. The summed E-state index contributed by atoms with van der Waals surface area (Å²) in [5, 5.41) is 14.2. The van der Waals surface area contributed by atoms with Gasteiger partial charge in [0.05, 0.1) is 12.1 Å². The number of fused-ring (bicyclic) bond motifs is 1. The standard InChI is InChI=1S/C23H34N4O2/c1-2-24-22(25-17-23(29)12-5-6-13-23)27-16-18(19-8-3-4-9-20(19)27)11-15-26-14-7-10-21(26)28/h3-4,8-9,18,29H,2,5-7,10-17H2,1H3,(H,24,25). The highest BCUT2D eigenvalue weighted by molar-refractivity contribution is 5.98. The molecule has 6 nitrogen and oxygen atoms in total. The minimum absolute atomic E-state index is 0.299. The van der Waals surface area contributed by atoms with Crippen LogP contribution >= 0.6 is 0 Å². The van der Waals surface area contributed by atoms with Gasteiger partial charge in [-0.05, 0) is 44.2 Å². The SMILES string of the molecule is CCNC(=NCC1(O)CCCC1)N1CC(CCN2CCCC2=O)c2ccccc21. The van der Waals surface area contributed by atoms with Crippen LogP contribution in [0.5, 0.6) is 0 Å². The normalized spacial score (nSPS) is 23.7. The van der Waals surface area contributed by atoms with Crippen LogP contribution in [0.2, 0.25) is 0 Å². The fourth-order valence-corrected chi connectivity index (χ4v) is 5.00. The van der Waals surface area contributed by atoms with Crippen LogP contribution in [0.1, 0.15) is 63.4 Å². The lowest BCUT2D eigenvalue weighted by molar-refractivity contribution is -0.127. The molecule has 0 spiro atoms. The lowest BCUT2D eigenvalue weighted by Crippen LogP contribution is -2.42. The number of nitrogens with one attached hydrogen (secondary N) is 1. The first kappa shape index (κ1) is 20.2. The first-order chi connectivity index (χ1) is 14.1. The van der Waals surface area contributed by atoms with Crippen molar-refractivity contribution in [1.82, 2.24) is 10.2 Å². The smallest absolute Gasteiger partial charge is 0.222 e. The maximum absolute atomic E-state index is 12.0. The Balaban J connectivity index is 1.50. The van der Waals surface area contributed by atoms with E-state index in [2.05, 4.69) is 41.4 Å². The molecule has 2 N–H and O–H groups in total. The summed E-state index contributed by atoms with van der Waals surface area (Å²) < 4.78 is 0. The zero-order chi connectivity index (χ0) is 20.3. The summed E-state index contributed by atoms with van der Waals surface area (Å²) in [4.78, 5) is 21.1. The van der Waals surface area contributed by atoms with Gasteiger partial charge in [0.25, 0.3) is 0 Å². The molecule has 1 unspecified atom stereocenters. The summed E-state index contributed by atoms with van der Waals surface area (Å²) in [6.45, 7) is 5.94. The number of para-hydroxylation sites is 1. The average molecular weight is 399 g/mol. The molecule has 1 aliphatic carbocycles. The Labute approximate surface area is 174 Å². The molecular formula is C23H34N4O2. The molecule has 158 valence electrons. The summed E-state index contributed by atoms with van der Waals surface area (Å²) in [5.74, 6) is 1.55. The summed E-state index contributed by atoms with van der Waals surface area (Å²) >= 11 is 0. The van der Waals surface area contributed by atoms with Crippen molar-refractivity contribution in [3.63, 3.8) is 0 Å². The third kappa shape index (κ3) is 4.42. The molecule has 1 saturated carbocycles. The number of hydrogen-bond donors (Lipinski definition) is 2. The molecule has 2 heterocycles. The molecule has 3 aliphatic rings. The second kappa shape index (κ2) is 8.74. The Hall–Kier alpha value is -2.08. The van der Waals surface area contributed by atoms with Crippen LogP contribution in [0.3, 0.4) is 0 Å². The summed E-state index contributed by atoms with van der Waals surface area (Å²) in [6.07, 6.45) is 6.54. The van der Waals surface area contributed by atoms with Crippen LogP contribution in [-0.2, 0) is 4.79 Å². The van der Waals surface area contributed by atoms with Crippen molar-refractivity contribution in [2.24, 2.45) is 4.99 Å². The maximum atomic E-state index is 12.0. The number of amides is 1. The van der Waals surface area contributed by atoms with Crippen LogP contribution in [0.25, 0.3) is 0 Å². The number of hydrogen-bond acceptors (Lipinski definition) is 3.